The molecule has 4 rings (SSSR count). The molecule has 148 valence electrons. The van der Waals surface area contributed by atoms with Crippen LogP contribution in [0.1, 0.15) is 50.2 Å². The van der Waals surface area contributed by atoms with Crippen molar-refractivity contribution in [2.75, 3.05) is 46.3 Å². The molecule has 3 aliphatic rings. The Bertz CT molecular complexity index is 667. The van der Waals surface area contributed by atoms with Gasteiger partial charge in [-0.05, 0) is 63.7 Å². The van der Waals surface area contributed by atoms with Gasteiger partial charge in [0.1, 0.15) is 0 Å². The lowest BCUT2D eigenvalue weighted by Crippen LogP contribution is -2.56. The van der Waals surface area contributed by atoms with Gasteiger partial charge in [-0.2, -0.15) is 0 Å². The van der Waals surface area contributed by atoms with Crippen molar-refractivity contribution in [2.24, 2.45) is 0 Å². The lowest BCUT2D eigenvalue weighted by Gasteiger charge is -2.43. The lowest BCUT2D eigenvalue weighted by molar-refractivity contribution is -0.139. The number of carbonyl (C=O) groups is 1. The quantitative estimate of drug-likeness (QED) is 0.820. The predicted octanol–water partition coefficient (Wildman–Crippen LogP) is 2.91. The van der Waals surface area contributed by atoms with Gasteiger partial charge >= 0.3 is 0 Å². The summed E-state index contributed by atoms with van der Waals surface area (Å²) in [6.45, 7) is 8.39. The third kappa shape index (κ3) is 3.79. The summed E-state index contributed by atoms with van der Waals surface area (Å²) in [6.07, 6.45) is 7.25. The molecule has 1 aliphatic carbocycles. The first kappa shape index (κ1) is 18.9. The summed E-state index contributed by atoms with van der Waals surface area (Å²) in [5, 5.41) is 0. The number of nitrogens with zero attached hydrogens (tertiary/aromatic N) is 3. The number of piperazine rings is 1. The number of benzene rings is 1. The maximum absolute atomic E-state index is 13.5. The summed E-state index contributed by atoms with van der Waals surface area (Å²) in [6, 6.07) is 9.29. The molecule has 1 aromatic rings. The number of fused-ring (bicyclic) bond motifs is 1. The number of piperidine rings is 1. The van der Waals surface area contributed by atoms with Crippen LogP contribution < -0.4 is 0 Å². The third-order valence-corrected chi connectivity index (χ3v) is 7.26. The average molecular weight is 370 g/mol. The Morgan fingerprint density at radius 1 is 1.07 bits per heavy atom. The highest BCUT2D eigenvalue weighted by molar-refractivity contribution is 5.88. The van der Waals surface area contributed by atoms with Gasteiger partial charge in [-0.1, -0.05) is 30.7 Å². The van der Waals surface area contributed by atoms with Gasteiger partial charge in [0.05, 0.1) is 5.41 Å². The maximum Gasteiger partial charge on any atom is 0.233 e. The molecule has 1 aromatic carbocycles. The first-order valence-corrected chi connectivity index (χ1v) is 10.9. The lowest BCUT2D eigenvalue weighted by atomic mass is 9.70. The molecule has 2 heterocycles. The van der Waals surface area contributed by atoms with Gasteiger partial charge in [-0.3, -0.25) is 9.69 Å². The molecule has 2 aliphatic heterocycles. The molecule has 2 saturated heterocycles. The van der Waals surface area contributed by atoms with Crippen molar-refractivity contribution in [1.29, 1.82) is 0 Å². The van der Waals surface area contributed by atoms with Crippen molar-refractivity contribution < 1.29 is 4.79 Å². The first-order valence-electron chi connectivity index (χ1n) is 10.9. The average Bonchev–Trinajstić information content (AvgIpc) is 2.70. The van der Waals surface area contributed by atoms with Crippen LogP contribution in [0.3, 0.4) is 0 Å². The number of hydrogen-bond donors (Lipinski definition) is 0. The smallest absolute Gasteiger partial charge is 0.233 e. The molecule has 0 saturated carbocycles. The van der Waals surface area contributed by atoms with Gasteiger partial charge in [-0.15, -0.1) is 0 Å². The largest absolute Gasteiger partial charge is 0.339 e. The van der Waals surface area contributed by atoms with E-state index in [0.717, 1.165) is 45.4 Å². The zero-order valence-corrected chi connectivity index (χ0v) is 17.1. The number of likely N-dealkylation sites (tertiary alicyclic amines) is 1. The second-order valence-electron chi connectivity index (χ2n) is 9.07. The van der Waals surface area contributed by atoms with E-state index in [4.69, 9.17) is 0 Å². The Balaban J connectivity index is 1.38. The Kier molecular flexibility index (Phi) is 5.56. The summed E-state index contributed by atoms with van der Waals surface area (Å²) in [7, 11) is 2.27. The number of amides is 1. The van der Waals surface area contributed by atoms with Gasteiger partial charge in [-0.25, -0.2) is 0 Å². The summed E-state index contributed by atoms with van der Waals surface area (Å²) in [5.74, 6) is 0.351. The van der Waals surface area contributed by atoms with Crippen molar-refractivity contribution in [3.05, 3.63) is 35.4 Å². The summed E-state index contributed by atoms with van der Waals surface area (Å²) in [4.78, 5) is 20.7. The van der Waals surface area contributed by atoms with Crippen LogP contribution in [0.5, 0.6) is 0 Å². The van der Waals surface area contributed by atoms with Crippen LogP contribution in [-0.2, 0) is 16.6 Å². The van der Waals surface area contributed by atoms with Gasteiger partial charge < -0.3 is 9.80 Å². The van der Waals surface area contributed by atoms with E-state index < -0.39 is 0 Å². The molecule has 4 heteroatoms. The second kappa shape index (κ2) is 7.92. The van der Waals surface area contributed by atoms with Crippen LogP contribution in [0.25, 0.3) is 0 Å². The number of hydrogen-bond acceptors (Lipinski definition) is 3. The summed E-state index contributed by atoms with van der Waals surface area (Å²) in [5.41, 5.74) is 2.31. The van der Waals surface area contributed by atoms with E-state index in [1.165, 1.54) is 43.5 Å². The fourth-order valence-corrected chi connectivity index (χ4v) is 5.42. The normalized spacial score (nSPS) is 30.1. The topological polar surface area (TPSA) is 26.8 Å². The highest BCUT2D eigenvalue weighted by Crippen LogP contribution is 2.38. The summed E-state index contributed by atoms with van der Waals surface area (Å²) < 4.78 is 0. The minimum absolute atomic E-state index is 0.333. The van der Waals surface area contributed by atoms with Crippen LogP contribution in [0.2, 0.25) is 0 Å². The molecule has 1 amide bonds. The number of rotatable bonds is 3. The van der Waals surface area contributed by atoms with Gasteiger partial charge in [0, 0.05) is 38.8 Å². The van der Waals surface area contributed by atoms with Gasteiger partial charge in [0.15, 0.2) is 0 Å². The first-order chi connectivity index (χ1) is 13.1. The SMILES string of the molecule is CN1CCCC[C@@H]1CN1CCN(C(=O)[C@@]2(C)CCCc3ccccc32)CC1. The monoisotopic (exact) mass is 369 g/mol. The van der Waals surface area contributed by atoms with Crippen molar-refractivity contribution in [2.45, 2.75) is 56.9 Å². The molecule has 2 fully saturated rings. The van der Waals surface area contributed by atoms with Crippen molar-refractivity contribution in [3.8, 4) is 0 Å². The van der Waals surface area contributed by atoms with E-state index >= 15 is 0 Å². The van der Waals surface area contributed by atoms with E-state index in [-0.39, 0.29) is 5.41 Å². The fraction of sp³-hybridized carbons (Fsp3) is 0.696. The molecule has 27 heavy (non-hydrogen) atoms. The number of likely N-dealkylation sites (N-methyl/N-ethyl adjacent to an activating group) is 1. The fourth-order valence-electron chi connectivity index (χ4n) is 5.42. The number of carbonyl (C=O) groups excluding carboxylic acids is 1. The zero-order chi connectivity index (χ0) is 18.9. The molecule has 4 nitrogen and oxygen atoms in total. The number of aryl methyl sites for hydroxylation is 1. The van der Waals surface area contributed by atoms with Crippen molar-refractivity contribution >= 4 is 5.91 Å². The van der Waals surface area contributed by atoms with Crippen LogP contribution in [0.15, 0.2) is 24.3 Å². The van der Waals surface area contributed by atoms with E-state index in [2.05, 4.69) is 52.9 Å². The molecule has 0 bridgehead atoms. The minimum Gasteiger partial charge on any atom is -0.339 e. The molecular weight excluding hydrogens is 334 g/mol. The van der Waals surface area contributed by atoms with Gasteiger partial charge in [0.25, 0.3) is 0 Å². The second-order valence-corrected chi connectivity index (χ2v) is 9.07. The van der Waals surface area contributed by atoms with Gasteiger partial charge in [0.2, 0.25) is 5.91 Å². The highest BCUT2D eigenvalue weighted by Gasteiger charge is 2.42. The van der Waals surface area contributed by atoms with Crippen LogP contribution >= 0.6 is 0 Å². The van der Waals surface area contributed by atoms with Crippen LogP contribution in [-0.4, -0.2) is 73.0 Å². The Hall–Kier alpha value is -1.39. The van der Waals surface area contributed by atoms with E-state index in [1.54, 1.807) is 0 Å². The zero-order valence-electron chi connectivity index (χ0n) is 17.1. The standard InChI is InChI=1S/C23H35N3O/c1-23(12-7-9-19-8-3-4-11-21(19)23)22(27)26-16-14-25(15-17-26)18-20-10-5-6-13-24(20)2/h3-4,8,11,20H,5-7,9-10,12-18H2,1-2H3/t20-,23+/m1/s1. The Morgan fingerprint density at radius 2 is 1.85 bits per heavy atom. The molecule has 0 radical (unpaired) electrons. The van der Waals surface area contributed by atoms with Crippen LogP contribution in [0.4, 0.5) is 0 Å². The minimum atomic E-state index is -0.333. The molecule has 0 aromatic heterocycles. The molecule has 0 spiro atoms. The van der Waals surface area contributed by atoms with Crippen LogP contribution in [0, 0.1) is 0 Å². The van der Waals surface area contributed by atoms with E-state index in [9.17, 15) is 4.79 Å². The van der Waals surface area contributed by atoms with Crippen molar-refractivity contribution in [1.82, 2.24) is 14.7 Å². The summed E-state index contributed by atoms with van der Waals surface area (Å²) >= 11 is 0. The highest BCUT2D eigenvalue weighted by atomic mass is 16.2. The third-order valence-electron chi connectivity index (χ3n) is 7.26. The maximum atomic E-state index is 13.5. The molecule has 0 unspecified atom stereocenters. The molecule has 2 atom stereocenters. The Morgan fingerprint density at radius 3 is 2.63 bits per heavy atom. The van der Waals surface area contributed by atoms with Crippen molar-refractivity contribution in [3.63, 3.8) is 0 Å². The van der Waals surface area contributed by atoms with E-state index in [1.807, 2.05) is 0 Å². The van der Waals surface area contributed by atoms with E-state index in [0.29, 0.717) is 11.9 Å². The molecular formula is C23H35N3O. The Labute approximate surface area is 164 Å². The molecule has 0 N–H and O–H groups in total. The predicted molar refractivity (Wildman–Crippen MR) is 110 cm³/mol.